The third-order valence-electron chi connectivity index (χ3n) is 6.34. The predicted octanol–water partition coefficient (Wildman–Crippen LogP) is 4.75. The van der Waals surface area contributed by atoms with Gasteiger partial charge in [-0.2, -0.15) is 0 Å². The number of hydrogen-bond acceptors (Lipinski definition) is 4. The van der Waals surface area contributed by atoms with Crippen molar-refractivity contribution in [1.29, 1.82) is 0 Å². The van der Waals surface area contributed by atoms with Crippen molar-refractivity contribution in [2.24, 2.45) is 0 Å². The standard InChI is InChI=1S/C29H34N2O3/c1-3-27(29(32)30-17-19-33-2)34-25-15-14-23-16-18-31(21-22-10-6-4-7-11-22)28(26(23)20-25)24-12-8-5-9-13-24/h4-15,20,27-28H,3,16-19,21H2,1-2H3,(H,30,32). The largest absolute Gasteiger partial charge is 0.481 e. The Morgan fingerprint density at radius 3 is 2.50 bits per heavy atom. The van der Waals surface area contributed by atoms with Crippen LogP contribution in [0.25, 0.3) is 0 Å². The molecule has 0 saturated heterocycles. The third-order valence-corrected chi connectivity index (χ3v) is 6.34. The number of fused-ring (bicyclic) bond motifs is 1. The Kier molecular flexibility index (Phi) is 8.34. The summed E-state index contributed by atoms with van der Waals surface area (Å²) < 4.78 is 11.2. The molecular weight excluding hydrogens is 424 g/mol. The second-order valence-corrected chi connectivity index (χ2v) is 8.68. The van der Waals surface area contributed by atoms with Crippen LogP contribution in [0.15, 0.2) is 78.9 Å². The van der Waals surface area contributed by atoms with E-state index in [0.717, 1.165) is 25.3 Å². The highest BCUT2D eigenvalue weighted by Crippen LogP contribution is 2.38. The van der Waals surface area contributed by atoms with E-state index in [0.29, 0.717) is 19.6 Å². The first-order chi connectivity index (χ1) is 16.7. The van der Waals surface area contributed by atoms with Crippen molar-refractivity contribution in [2.45, 2.75) is 38.5 Å². The summed E-state index contributed by atoms with van der Waals surface area (Å²) in [7, 11) is 1.62. The molecule has 1 amide bonds. The number of nitrogens with zero attached hydrogens (tertiary/aromatic N) is 1. The van der Waals surface area contributed by atoms with Gasteiger partial charge in [0.1, 0.15) is 5.75 Å². The second kappa shape index (κ2) is 11.8. The molecule has 4 rings (SSSR count). The minimum atomic E-state index is -0.533. The summed E-state index contributed by atoms with van der Waals surface area (Å²) in [6.07, 6.45) is 1.05. The fourth-order valence-corrected chi connectivity index (χ4v) is 4.61. The Labute approximate surface area is 202 Å². The second-order valence-electron chi connectivity index (χ2n) is 8.68. The maximum Gasteiger partial charge on any atom is 0.261 e. The van der Waals surface area contributed by atoms with Crippen LogP contribution in [-0.2, 0) is 22.5 Å². The van der Waals surface area contributed by atoms with Crippen LogP contribution < -0.4 is 10.1 Å². The minimum Gasteiger partial charge on any atom is -0.481 e. The third kappa shape index (κ3) is 5.85. The molecule has 0 aliphatic carbocycles. The zero-order chi connectivity index (χ0) is 23.8. The molecule has 0 spiro atoms. The van der Waals surface area contributed by atoms with Gasteiger partial charge < -0.3 is 14.8 Å². The normalized spacial score (nSPS) is 16.5. The quantitative estimate of drug-likeness (QED) is 0.445. The van der Waals surface area contributed by atoms with E-state index in [9.17, 15) is 4.79 Å². The van der Waals surface area contributed by atoms with E-state index in [1.54, 1.807) is 7.11 Å². The lowest BCUT2D eigenvalue weighted by Gasteiger charge is -2.38. The fraction of sp³-hybridized carbons (Fsp3) is 0.345. The number of rotatable bonds is 10. The van der Waals surface area contributed by atoms with E-state index in [1.807, 2.05) is 13.0 Å². The van der Waals surface area contributed by atoms with Gasteiger partial charge in [-0.1, -0.05) is 73.7 Å². The summed E-state index contributed by atoms with van der Waals surface area (Å²) in [6.45, 7) is 4.79. The van der Waals surface area contributed by atoms with Crippen molar-refractivity contribution in [3.05, 3.63) is 101 Å². The molecule has 3 aromatic rings. The molecule has 1 aliphatic heterocycles. The van der Waals surface area contributed by atoms with E-state index in [1.165, 1.54) is 22.3 Å². The van der Waals surface area contributed by atoms with Crippen LogP contribution in [0.1, 0.15) is 41.6 Å². The molecule has 178 valence electrons. The summed E-state index contributed by atoms with van der Waals surface area (Å²) in [5, 5.41) is 2.89. The minimum absolute atomic E-state index is 0.109. The van der Waals surface area contributed by atoms with Gasteiger partial charge in [-0.25, -0.2) is 0 Å². The maximum atomic E-state index is 12.6. The van der Waals surface area contributed by atoms with Crippen molar-refractivity contribution in [3.8, 4) is 5.75 Å². The lowest BCUT2D eigenvalue weighted by molar-refractivity contribution is -0.128. The first-order valence-corrected chi connectivity index (χ1v) is 12.1. The van der Waals surface area contributed by atoms with Gasteiger partial charge in [0.25, 0.3) is 5.91 Å². The molecule has 34 heavy (non-hydrogen) atoms. The highest BCUT2D eigenvalue weighted by atomic mass is 16.5. The number of carbonyl (C=O) groups is 1. The van der Waals surface area contributed by atoms with Gasteiger partial charge in [0, 0.05) is 26.7 Å². The zero-order valence-electron chi connectivity index (χ0n) is 20.1. The van der Waals surface area contributed by atoms with E-state index < -0.39 is 6.10 Å². The van der Waals surface area contributed by atoms with Crippen LogP contribution >= 0.6 is 0 Å². The summed E-state index contributed by atoms with van der Waals surface area (Å²) in [5.41, 5.74) is 5.16. The molecule has 1 heterocycles. The molecule has 1 N–H and O–H groups in total. The Bertz CT molecular complexity index is 1060. The van der Waals surface area contributed by atoms with Crippen molar-refractivity contribution >= 4 is 5.91 Å². The van der Waals surface area contributed by atoms with E-state index in [-0.39, 0.29) is 11.9 Å². The molecule has 0 saturated carbocycles. The van der Waals surface area contributed by atoms with Gasteiger partial charge in [-0.05, 0) is 47.2 Å². The number of benzene rings is 3. The average molecular weight is 459 g/mol. The van der Waals surface area contributed by atoms with Crippen molar-refractivity contribution in [1.82, 2.24) is 10.2 Å². The van der Waals surface area contributed by atoms with Gasteiger partial charge in [0.15, 0.2) is 6.10 Å². The zero-order valence-corrected chi connectivity index (χ0v) is 20.1. The molecule has 3 aromatic carbocycles. The first kappa shape index (κ1) is 24.0. The number of carbonyl (C=O) groups excluding carboxylic acids is 1. The average Bonchev–Trinajstić information content (AvgIpc) is 2.88. The molecule has 0 radical (unpaired) electrons. The molecule has 5 heteroatoms. The van der Waals surface area contributed by atoms with Crippen LogP contribution in [-0.4, -0.2) is 43.7 Å². The Morgan fingerprint density at radius 1 is 1.06 bits per heavy atom. The van der Waals surface area contributed by atoms with E-state index >= 15 is 0 Å². The van der Waals surface area contributed by atoms with Gasteiger partial charge in [0.2, 0.25) is 0 Å². The lowest BCUT2D eigenvalue weighted by Crippen LogP contribution is -2.39. The van der Waals surface area contributed by atoms with E-state index in [4.69, 9.17) is 9.47 Å². The Balaban J connectivity index is 1.61. The fourth-order valence-electron chi connectivity index (χ4n) is 4.61. The van der Waals surface area contributed by atoms with Crippen molar-refractivity contribution in [3.63, 3.8) is 0 Å². The molecule has 0 aromatic heterocycles. The predicted molar refractivity (Wildman–Crippen MR) is 135 cm³/mol. The maximum absolute atomic E-state index is 12.6. The smallest absolute Gasteiger partial charge is 0.261 e. The molecule has 2 unspecified atom stereocenters. The SMILES string of the molecule is CCC(Oc1ccc2c(c1)C(c1ccccc1)N(Cc1ccccc1)CC2)C(=O)NCCOC. The Morgan fingerprint density at radius 2 is 1.79 bits per heavy atom. The summed E-state index contributed by atoms with van der Waals surface area (Å²) in [6, 6.07) is 27.7. The lowest BCUT2D eigenvalue weighted by atomic mass is 9.87. The molecule has 1 aliphatic rings. The summed E-state index contributed by atoms with van der Waals surface area (Å²) >= 11 is 0. The van der Waals surface area contributed by atoms with Crippen LogP contribution in [0, 0.1) is 0 Å². The number of amides is 1. The van der Waals surface area contributed by atoms with Crippen LogP contribution in [0.2, 0.25) is 0 Å². The summed E-state index contributed by atoms with van der Waals surface area (Å²) in [4.78, 5) is 15.1. The van der Waals surface area contributed by atoms with Crippen molar-refractivity contribution in [2.75, 3.05) is 26.8 Å². The molecule has 2 atom stereocenters. The number of ether oxygens (including phenoxy) is 2. The van der Waals surface area contributed by atoms with Crippen LogP contribution in [0.3, 0.4) is 0 Å². The summed E-state index contributed by atoms with van der Waals surface area (Å²) in [5.74, 6) is 0.623. The van der Waals surface area contributed by atoms with Gasteiger partial charge >= 0.3 is 0 Å². The highest BCUT2D eigenvalue weighted by molar-refractivity contribution is 5.81. The molecular formula is C29H34N2O3. The molecule has 0 fully saturated rings. The van der Waals surface area contributed by atoms with Crippen molar-refractivity contribution < 1.29 is 14.3 Å². The van der Waals surface area contributed by atoms with Gasteiger partial charge in [-0.3, -0.25) is 9.69 Å². The molecule has 0 bridgehead atoms. The first-order valence-electron chi connectivity index (χ1n) is 12.1. The van der Waals surface area contributed by atoms with E-state index in [2.05, 4.69) is 83.0 Å². The molecule has 5 nitrogen and oxygen atoms in total. The number of nitrogens with one attached hydrogen (secondary N) is 1. The van der Waals surface area contributed by atoms with Crippen LogP contribution in [0.5, 0.6) is 5.75 Å². The number of hydrogen-bond donors (Lipinski definition) is 1. The van der Waals surface area contributed by atoms with Gasteiger partial charge in [-0.15, -0.1) is 0 Å². The van der Waals surface area contributed by atoms with Gasteiger partial charge in [0.05, 0.1) is 12.6 Å². The number of methoxy groups -OCH3 is 1. The topological polar surface area (TPSA) is 50.8 Å². The van der Waals surface area contributed by atoms with Crippen LogP contribution in [0.4, 0.5) is 0 Å². The highest BCUT2D eigenvalue weighted by Gasteiger charge is 2.29. The Hall–Kier alpha value is -3.15. The monoisotopic (exact) mass is 458 g/mol.